The van der Waals surface area contributed by atoms with E-state index in [1.54, 1.807) is 30.4 Å². The summed E-state index contributed by atoms with van der Waals surface area (Å²) >= 11 is 3.54. The summed E-state index contributed by atoms with van der Waals surface area (Å²) < 4.78 is 0.207. The fourth-order valence-electron chi connectivity index (χ4n) is 1.03. The van der Waals surface area contributed by atoms with E-state index in [1.807, 2.05) is 0 Å². The second kappa shape index (κ2) is 5.14. The van der Waals surface area contributed by atoms with Crippen LogP contribution in [0.3, 0.4) is 0 Å². The van der Waals surface area contributed by atoms with Gasteiger partial charge in [-0.3, -0.25) is 0 Å². The highest BCUT2D eigenvalue weighted by Gasteiger charge is 2.26. The zero-order valence-corrected chi connectivity index (χ0v) is 8.74. The Morgan fingerprint density at radius 3 is 2.58 bits per heavy atom. The predicted molar refractivity (Wildman–Crippen MR) is 54.6 cm³/mol. The number of thioether (sulfide) groups is 2. The van der Waals surface area contributed by atoms with Crippen molar-refractivity contribution in [3.05, 3.63) is 0 Å². The Labute approximate surface area is 81.5 Å². The van der Waals surface area contributed by atoms with Crippen molar-refractivity contribution in [1.29, 1.82) is 0 Å². The highest BCUT2D eigenvalue weighted by Crippen LogP contribution is 2.34. The Bertz CT molecular complexity index is 146. The van der Waals surface area contributed by atoms with E-state index in [0.717, 1.165) is 17.8 Å². The molecule has 70 valence electrons. The Morgan fingerprint density at radius 1 is 1.50 bits per heavy atom. The molecule has 0 spiro atoms. The average Bonchev–Trinajstić information content (AvgIpc) is 2.17. The first kappa shape index (κ1) is 10.4. The molecule has 0 saturated carbocycles. The molecule has 0 aromatic heterocycles. The van der Waals surface area contributed by atoms with E-state index in [1.165, 1.54) is 6.42 Å². The molecule has 0 amide bonds. The number of hydrogen-bond acceptors (Lipinski definition) is 4. The van der Waals surface area contributed by atoms with E-state index in [9.17, 15) is 9.90 Å². The van der Waals surface area contributed by atoms with Crippen molar-refractivity contribution in [3.63, 3.8) is 0 Å². The summed E-state index contributed by atoms with van der Waals surface area (Å²) in [6, 6.07) is 0. The number of aliphatic hydroxyl groups excluding tert-OH is 1. The zero-order valence-electron chi connectivity index (χ0n) is 7.10. The summed E-state index contributed by atoms with van der Waals surface area (Å²) in [6.07, 6.45) is 1.58. The lowest BCUT2D eigenvalue weighted by Crippen LogP contribution is -2.30. The van der Waals surface area contributed by atoms with Crippen LogP contribution in [-0.4, -0.2) is 33.6 Å². The molecule has 12 heavy (non-hydrogen) atoms. The smallest absolute Gasteiger partial charge is 0.125 e. The van der Waals surface area contributed by atoms with Gasteiger partial charge < -0.3 is 9.90 Å². The molecule has 4 heteroatoms. The fourth-order valence-corrected chi connectivity index (χ4v) is 4.15. The van der Waals surface area contributed by atoms with Crippen LogP contribution in [-0.2, 0) is 4.79 Å². The summed E-state index contributed by atoms with van der Waals surface area (Å²) in [5.74, 6) is 1.99. The number of aliphatic hydroxyl groups is 1. The monoisotopic (exact) mass is 206 g/mol. The fraction of sp³-hybridized carbons (Fsp3) is 0.875. The van der Waals surface area contributed by atoms with Crippen LogP contribution in [0.2, 0.25) is 0 Å². The lowest BCUT2D eigenvalue weighted by atomic mass is 10.1. The molecule has 0 aliphatic carbocycles. The molecule has 0 aromatic rings. The van der Waals surface area contributed by atoms with Crippen LogP contribution < -0.4 is 0 Å². The highest BCUT2D eigenvalue weighted by molar-refractivity contribution is 8.17. The standard InChI is InChI=1S/C8H14O2S2/c1-6(5-9)7(10)8-11-3-2-4-12-8/h5-8,10H,2-4H2,1H3/t6-,7-/m1/s1. The first-order chi connectivity index (χ1) is 5.75. The third-order valence-corrected chi connectivity index (χ3v) is 4.97. The van der Waals surface area contributed by atoms with Gasteiger partial charge in [0.2, 0.25) is 0 Å². The van der Waals surface area contributed by atoms with E-state index in [0.29, 0.717) is 0 Å². The molecule has 1 aliphatic heterocycles. The van der Waals surface area contributed by atoms with Crippen molar-refractivity contribution in [3.8, 4) is 0 Å². The SMILES string of the molecule is C[C@H](C=O)[C@@H](O)C1SCCCS1. The van der Waals surface area contributed by atoms with Gasteiger partial charge in [-0.15, -0.1) is 23.5 Å². The molecule has 1 heterocycles. The minimum atomic E-state index is -0.474. The molecule has 1 saturated heterocycles. The van der Waals surface area contributed by atoms with Gasteiger partial charge >= 0.3 is 0 Å². The summed E-state index contributed by atoms with van der Waals surface area (Å²) in [7, 11) is 0. The van der Waals surface area contributed by atoms with E-state index in [2.05, 4.69) is 0 Å². The van der Waals surface area contributed by atoms with Crippen LogP contribution in [0.25, 0.3) is 0 Å². The first-order valence-corrected chi connectivity index (χ1v) is 6.22. The lowest BCUT2D eigenvalue weighted by molar-refractivity contribution is -0.113. The normalized spacial score (nSPS) is 24.8. The van der Waals surface area contributed by atoms with E-state index in [-0.39, 0.29) is 10.5 Å². The Hall–Kier alpha value is 0.330. The van der Waals surface area contributed by atoms with E-state index < -0.39 is 6.10 Å². The van der Waals surface area contributed by atoms with E-state index >= 15 is 0 Å². The van der Waals surface area contributed by atoms with Crippen molar-refractivity contribution in [2.45, 2.75) is 24.0 Å². The minimum Gasteiger partial charge on any atom is -0.390 e. The van der Waals surface area contributed by atoms with Crippen LogP contribution in [0.5, 0.6) is 0 Å². The molecule has 1 aliphatic rings. The third-order valence-electron chi connectivity index (χ3n) is 1.89. The second-order valence-electron chi connectivity index (χ2n) is 2.95. The minimum absolute atomic E-state index is 0.207. The Kier molecular flexibility index (Phi) is 4.46. The zero-order chi connectivity index (χ0) is 8.97. The molecule has 0 radical (unpaired) electrons. The van der Waals surface area contributed by atoms with Crippen LogP contribution in [0, 0.1) is 5.92 Å². The van der Waals surface area contributed by atoms with Gasteiger partial charge in [-0.25, -0.2) is 0 Å². The van der Waals surface area contributed by atoms with Crippen molar-refractivity contribution < 1.29 is 9.90 Å². The lowest BCUT2D eigenvalue weighted by Gasteiger charge is -2.27. The quantitative estimate of drug-likeness (QED) is 0.708. The van der Waals surface area contributed by atoms with Gasteiger partial charge in [0.1, 0.15) is 6.29 Å². The van der Waals surface area contributed by atoms with Gasteiger partial charge in [0.05, 0.1) is 10.7 Å². The second-order valence-corrected chi connectivity index (χ2v) is 5.75. The average molecular weight is 206 g/mol. The maximum Gasteiger partial charge on any atom is 0.125 e. The summed E-state index contributed by atoms with van der Waals surface area (Å²) in [4.78, 5) is 10.4. The van der Waals surface area contributed by atoms with Crippen LogP contribution in [0.15, 0.2) is 0 Å². The summed E-state index contributed by atoms with van der Waals surface area (Å²) in [5.41, 5.74) is 0. The van der Waals surface area contributed by atoms with Crippen LogP contribution >= 0.6 is 23.5 Å². The van der Waals surface area contributed by atoms with Gasteiger partial charge in [0, 0.05) is 5.92 Å². The van der Waals surface area contributed by atoms with Crippen molar-refractivity contribution in [1.82, 2.24) is 0 Å². The van der Waals surface area contributed by atoms with Gasteiger partial charge in [-0.2, -0.15) is 0 Å². The molecule has 1 N–H and O–H groups in total. The van der Waals surface area contributed by atoms with Gasteiger partial charge in [0.25, 0.3) is 0 Å². The van der Waals surface area contributed by atoms with Crippen molar-refractivity contribution in [2.75, 3.05) is 11.5 Å². The highest BCUT2D eigenvalue weighted by atomic mass is 32.2. The molecular formula is C8H14O2S2. The predicted octanol–water partition coefficient (Wildman–Crippen LogP) is 1.38. The molecule has 1 rings (SSSR count). The molecule has 0 unspecified atom stereocenters. The number of aldehydes is 1. The largest absolute Gasteiger partial charge is 0.390 e. The van der Waals surface area contributed by atoms with Gasteiger partial charge in [-0.05, 0) is 17.9 Å². The van der Waals surface area contributed by atoms with Gasteiger partial charge in [-0.1, -0.05) is 6.92 Å². The topological polar surface area (TPSA) is 37.3 Å². The molecule has 2 nitrogen and oxygen atoms in total. The van der Waals surface area contributed by atoms with Crippen LogP contribution in [0.1, 0.15) is 13.3 Å². The molecule has 0 bridgehead atoms. The molecule has 2 atom stereocenters. The van der Waals surface area contributed by atoms with Gasteiger partial charge in [0.15, 0.2) is 0 Å². The van der Waals surface area contributed by atoms with Crippen LogP contribution in [0.4, 0.5) is 0 Å². The summed E-state index contributed by atoms with van der Waals surface area (Å²) in [5, 5.41) is 9.67. The number of hydrogen-bond donors (Lipinski definition) is 1. The van der Waals surface area contributed by atoms with Crippen molar-refractivity contribution >= 4 is 29.8 Å². The number of rotatable bonds is 3. The maximum absolute atomic E-state index is 10.4. The molecule has 1 fully saturated rings. The molecular weight excluding hydrogens is 192 g/mol. The Balaban J connectivity index is 2.38. The Morgan fingerprint density at radius 2 is 2.08 bits per heavy atom. The van der Waals surface area contributed by atoms with Crippen molar-refractivity contribution in [2.24, 2.45) is 5.92 Å². The first-order valence-electron chi connectivity index (χ1n) is 4.12. The maximum atomic E-state index is 10.4. The third kappa shape index (κ3) is 2.68. The summed E-state index contributed by atoms with van der Waals surface area (Å²) in [6.45, 7) is 1.77. The van der Waals surface area contributed by atoms with E-state index in [4.69, 9.17) is 0 Å². The number of carbonyl (C=O) groups is 1. The number of carbonyl (C=O) groups excluding carboxylic acids is 1. The molecule has 0 aromatic carbocycles.